The minimum Gasteiger partial charge on any atom is -0.352 e. The Hall–Kier alpha value is -2.67. The van der Waals surface area contributed by atoms with Crippen LogP contribution in [0.2, 0.25) is 0 Å². The van der Waals surface area contributed by atoms with Gasteiger partial charge in [-0.25, -0.2) is 9.36 Å². The number of carbonyl (C=O) groups is 1. The maximum Gasteiger partial charge on any atom is 0.336 e. The molecule has 7 heteroatoms. The summed E-state index contributed by atoms with van der Waals surface area (Å²) < 4.78 is 3.02. The molecule has 27 heavy (non-hydrogen) atoms. The maximum atomic E-state index is 13.2. The predicted molar refractivity (Wildman–Crippen MR) is 109 cm³/mol. The van der Waals surface area contributed by atoms with E-state index in [1.54, 1.807) is 17.5 Å². The Bertz CT molecular complexity index is 1120. The molecule has 1 unspecified atom stereocenters. The van der Waals surface area contributed by atoms with Gasteiger partial charge in [-0.05, 0) is 55.8 Å². The van der Waals surface area contributed by atoms with E-state index in [1.165, 1.54) is 20.5 Å². The van der Waals surface area contributed by atoms with Crippen LogP contribution in [0.5, 0.6) is 0 Å². The number of hydrogen-bond donors (Lipinski definition) is 1. The quantitative estimate of drug-likeness (QED) is 0.734. The molecule has 0 spiro atoms. The third-order valence-corrected chi connectivity index (χ3v) is 5.78. The van der Waals surface area contributed by atoms with Gasteiger partial charge in [0, 0.05) is 6.04 Å². The van der Waals surface area contributed by atoms with E-state index < -0.39 is 5.69 Å². The van der Waals surface area contributed by atoms with Gasteiger partial charge in [0.15, 0.2) is 0 Å². The highest BCUT2D eigenvalue weighted by Gasteiger charge is 2.19. The Balaban J connectivity index is 2.22. The van der Waals surface area contributed by atoms with Crippen molar-refractivity contribution in [3.8, 4) is 5.69 Å². The lowest BCUT2D eigenvalue weighted by atomic mass is 10.1. The number of thiophene rings is 1. The summed E-state index contributed by atoms with van der Waals surface area (Å²) in [6.45, 7) is 7.59. The fourth-order valence-corrected chi connectivity index (χ4v) is 3.82. The molecule has 0 saturated carbocycles. The summed E-state index contributed by atoms with van der Waals surface area (Å²) in [6.07, 6.45) is 0.802. The summed E-state index contributed by atoms with van der Waals surface area (Å²) in [5, 5.41) is 4.64. The van der Waals surface area contributed by atoms with Crippen molar-refractivity contribution in [1.82, 2.24) is 14.5 Å². The Kier molecular flexibility index (Phi) is 5.32. The van der Waals surface area contributed by atoms with Gasteiger partial charge in [-0.3, -0.25) is 14.2 Å². The first-order valence-corrected chi connectivity index (χ1v) is 9.82. The number of aryl methyl sites for hydroxylation is 1. The molecule has 0 saturated heterocycles. The molecule has 0 radical (unpaired) electrons. The minimum atomic E-state index is -0.501. The van der Waals surface area contributed by atoms with Crippen molar-refractivity contribution in [2.45, 2.75) is 46.7 Å². The first-order valence-electron chi connectivity index (χ1n) is 8.94. The lowest BCUT2D eigenvalue weighted by Crippen LogP contribution is -2.43. The van der Waals surface area contributed by atoms with Gasteiger partial charge in [0.2, 0.25) is 5.91 Å². The van der Waals surface area contributed by atoms with Gasteiger partial charge in [0.05, 0.1) is 11.2 Å². The predicted octanol–water partition coefficient (Wildman–Crippen LogP) is 2.75. The van der Waals surface area contributed by atoms with E-state index in [2.05, 4.69) is 5.32 Å². The van der Waals surface area contributed by atoms with Crippen LogP contribution < -0.4 is 16.6 Å². The summed E-state index contributed by atoms with van der Waals surface area (Å²) in [5.41, 5.74) is 2.05. The van der Waals surface area contributed by atoms with Gasteiger partial charge in [-0.15, -0.1) is 11.3 Å². The van der Waals surface area contributed by atoms with Crippen molar-refractivity contribution in [3.05, 3.63) is 61.6 Å². The zero-order valence-corrected chi connectivity index (χ0v) is 16.7. The molecule has 0 aliphatic carbocycles. The van der Waals surface area contributed by atoms with Crippen molar-refractivity contribution in [2.75, 3.05) is 0 Å². The number of nitrogens with one attached hydrogen (secondary N) is 1. The molecule has 142 valence electrons. The van der Waals surface area contributed by atoms with Crippen molar-refractivity contribution in [1.29, 1.82) is 0 Å². The van der Waals surface area contributed by atoms with Crippen LogP contribution in [-0.2, 0) is 11.3 Å². The molecule has 1 aromatic carbocycles. The summed E-state index contributed by atoms with van der Waals surface area (Å²) in [4.78, 5) is 38.6. The lowest BCUT2D eigenvalue weighted by Gasteiger charge is -2.16. The Morgan fingerprint density at radius 2 is 1.96 bits per heavy atom. The molecule has 3 aromatic rings. The SMILES string of the molecule is CCC(C)NC(=O)Cn1c(=O)n(-c2cccc(C)c2C)c(=O)c2sccc21. The fourth-order valence-electron chi connectivity index (χ4n) is 3.00. The van der Waals surface area contributed by atoms with E-state index >= 15 is 0 Å². The third kappa shape index (κ3) is 3.47. The second kappa shape index (κ2) is 7.52. The van der Waals surface area contributed by atoms with E-state index in [1.807, 2.05) is 39.8 Å². The molecule has 2 aromatic heterocycles. The normalized spacial score (nSPS) is 12.3. The Morgan fingerprint density at radius 3 is 2.67 bits per heavy atom. The molecule has 0 aliphatic heterocycles. The molecule has 0 aliphatic rings. The van der Waals surface area contributed by atoms with Gasteiger partial charge >= 0.3 is 5.69 Å². The highest BCUT2D eigenvalue weighted by atomic mass is 32.1. The molecular formula is C20H23N3O3S. The molecule has 0 bridgehead atoms. The minimum absolute atomic E-state index is 0.0242. The largest absolute Gasteiger partial charge is 0.352 e. The average molecular weight is 385 g/mol. The third-order valence-electron chi connectivity index (χ3n) is 4.89. The molecule has 0 fully saturated rings. The molecule has 2 heterocycles. The maximum absolute atomic E-state index is 13.2. The standard InChI is InChI=1S/C20H23N3O3S/c1-5-13(3)21-17(24)11-22-16-9-10-27-18(16)19(25)23(20(22)26)15-8-6-7-12(2)14(15)4/h6-10,13H,5,11H2,1-4H3,(H,21,24). The second-order valence-electron chi connectivity index (χ2n) is 6.74. The number of aromatic nitrogens is 2. The molecule has 1 amide bonds. The van der Waals surface area contributed by atoms with Crippen LogP contribution in [0.25, 0.3) is 15.9 Å². The zero-order valence-electron chi connectivity index (χ0n) is 15.9. The van der Waals surface area contributed by atoms with Crippen molar-refractivity contribution in [2.24, 2.45) is 0 Å². The van der Waals surface area contributed by atoms with Crippen LogP contribution in [0.3, 0.4) is 0 Å². The first kappa shape index (κ1) is 19.1. The highest BCUT2D eigenvalue weighted by molar-refractivity contribution is 7.17. The summed E-state index contributed by atoms with van der Waals surface area (Å²) in [7, 11) is 0. The molecule has 6 nitrogen and oxygen atoms in total. The Labute approximate surface area is 161 Å². The average Bonchev–Trinajstić information content (AvgIpc) is 3.12. The topological polar surface area (TPSA) is 73.1 Å². The number of fused-ring (bicyclic) bond motifs is 1. The second-order valence-corrected chi connectivity index (χ2v) is 7.66. The molecule has 1 atom stereocenters. The smallest absolute Gasteiger partial charge is 0.336 e. The monoisotopic (exact) mass is 385 g/mol. The van der Waals surface area contributed by atoms with Gasteiger partial charge in [0.1, 0.15) is 11.2 Å². The van der Waals surface area contributed by atoms with Gasteiger partial charge in [0.25, 0.3) is 5.56 Å². The van der Waals surface area contributed by atoms with E-state index in [-0.39, 0.29) is 24.1 Å². The van der Waals surface area contributed by atoms with Crippen LogP contribution in [-0.4, -0.2) is 21.1 Å². The summed E-state index contributed by atoms with van der Waals surface area (Å²) in [5.74, 6) is -0.245. The van der Waals surface area contributed by atoms with Crippen LogP contribution in [0.1, 0.15) is 31.4 Å². The number of carbonyl (C=O) groups excluding carboxylic acids is 1. The zero-order chi connectivity index (χ0) is 19.7. The Morgan fingerprint density at radius 1 is 1.22 bits per heavy atom. The van der Waals surface area contributed by atoms with E-state index in [0.717, 1.165) is 17.5 Å². The number of benzene rings is 1. The van der Waals surface area contributed by atoms with Gasteiger partial charge in [-0.1, -0.05) is 19.1 Å². The van der Waals surface area contributed by atoms with Crippen LogP contribution in [0.15, 0.2) is 39.2 Å². The lowest BCUT2D eigenvalue weighted by molar-refractivity contribution is -0.122. The first-order chi connectivity index (χ1) is 12.8. The summed E-state index contributed by atoms with van der Waals surface area (Å²) >= 11 is 1.28. The van der Waals surface area contributed by atoms with Crippen molar-refractivity contribution >= 4 is 27.5 Å². The van der Waals surface area contributed by atoms with Crippen LogP contribution >= 0.6 is 11.3 Å². The highest BCUT2D eigenvalue weighted by Crippen LogP contribution is 2.19. The molecule has 3 rings (SSSR count). The fraction of sp³-hybridized carbons (Fsp3) is 0.350. The van der Waals surface area contributed by atoms with E-state index in [9.17, 15) is 14.4 Å². The number of rotatable bonds is 5. The number of hydrogen-bond acceptors (Lipinski definition) is 4. The van der Waals surface area contributed by atoms with Crippen molar-refractivity contribution in [3.63, 3.8) is 0 Å². The molecule has 1 N–H and O–H groups in total. The number of amides is 1. The summed E-state index contributed by atoms with van der Waals surface area (Å²) in [6, 6.07) is 7.26. The number of nitrogens with zero attached hydrogens (tertiary/aromatic N) is 2. The van der Waals surface area contributed by atoms with E-state index in [4.69, 9.17) is 0 Å². The van der Waals surface area contributed by atoms with Crippen LogP contribution in [0, 0.1) is 13.8 Å². The van der Waals surface area contributed by atoms with E-state index in [0.29, 0.717) is 15.9 Å². The van der Waals surface area contributed by atoms with Crippen LogP contribution in [0.4, 0.5) is 0 Å². The van der Waals surface area contributed by atoms with Gasteiger partial charge in [-0.2, -0.15) is 0 Å². The van der Waals surface area contributed by atoms with Crippen molar-refractivity contribution < 1.29 is 4.79 Å². The van der Waals surface area contributed by atoms with Gasteiger partial charge < -0.3 is 5.32 Å². The molecular weight excluding hydrogens is 362 g/mol.